The number of hydrogen-bond acceptors (Lipinski definition) is 4. The number of hydrogen-bond donors (Lipinski definition) is 2. The Morgan fingerprint density at radius 3 is 2.71 bits per heavy atom. The lowest BCUT2D eigenvalue weighted by molar-refractivity contribution is -0.137. The van der Waals surface area contributed by atoms with E-state index in [1.807, 2.05) is 42.5 Å². The Bertz CT molecular complexity index is 684. The first kappa shape index (κ1) is 13.5. The van der Waals surface area contributed by atoms with Crippen LogP contribution in [0.1, 0.15) is 18.0 Å². The topological polar surface area (TPSA) is 81.8 Å². The Balaban J connectivity index is 1.90. The molecular weight excluding hydrogens is 270 g/mol. The fourth-order valence-electron chi connectivity index (χ4n) is 2.33. The summed E-state index contributed by atoms with van der Waals surface area (Å²) in [5.74, 6) is 0.543. The number of carboxylic acids is 1. The van der Waals surface area contributed by atoms with E-state index in [4.69, 9.17) is 20.3 Å². The van der Waals surface area contributed by atoms with Gasteiger partial charge in [0.25, 0.3) is 0 Å². The van der Waals surface area contributed by atoms with Gasteiger partial charge in [0.2, 0.25) is 6.79 Å². The van der Waals surface area contributed by atoms with Crippen LogP contribution in [0, 0.1) is 0 Å². The summed E-state index contributed by atoms with van der Waals surface area (Å²) >= 11 is 0. The highest BCUT2D eigenvalue weighted by atomic mass is 16.7. The van der Waals surface area contributed by atoms with Crippen molar-refractivity contribution in [3.05, 3.63) is 48.0 Å². The molecule has 1 aliphatic heterocycles. The summed E-state index contributed by atoms with van der Waals surface area (Å²) in [7, 11) is 0. The summed E-state index contributed by atoms with van der Waals surface area (Å²) < 4.78 is 10.7. The van der Waals surface area contributed by atoms with Crippen molar-refractivity contribution in [1.82, 2.24) is 0 Å². The molecule has 0 radical (unpaired) electrons. The van der Waals surface area contributed by atoms with Crippen LogP contribution in [0.2, 0.25) is 0 Å². The van der Waals surface area contributed by atoms with Gasteiger partial charge in [-0.1, -0.05) is 24.3 Å². The van der Waals surface area contributed by atoms with E-state index in [2.05, 4.69) is 0 Å². The average Bonchev–Trinajstić information content (AvgIpc) is 2.94. The van der Waals surface area contributed by atoms with E-state index in [-0.39, 0.29) is 13.2 Å². The molecule has 0 fully saturated rings. The molecule has 0 unspecified atom stereocenters. The number of rotatable bonds is 4. The third kappa shape index (κ3) is 2.83. The predicted octanol–water partition coefficient (Wildman–Crippen LogP) is 2.56. The second-order valence-corrected chi connectivity index (χ2v) is 4.90. The zero-order valence-electron chi connectivity index (χ0n) is 11.3. The molecule has 0 saturated heterocycles. The monoisotopic (exact) mass is 285 g/mol. The first-order valence-corrected chi connectivity index (χ1v) is 6.61. The molecule has 2 aromatic carbocycles. The van der Waals surface area contributed by atoms with E-state index in [0.717, 1.165) is 22.4 Å². The van der Waals surface area contributed by atoms with E-state index in [1.165, 1.54) is 0 Å². The smallest absolute Gasteiger partial charge is 0.305 e. The predicted molar refractivity (Wildman–Crippen MR) is 77.2 cm³/mol. The fourth-order valence-corrected chi connectivity index (χ4v) is 2.33. The van der Waals surface area contributed by atoms with Crippen LogP contribution in [0.4, 0.5) is 0 Å². The summed E-state index contributed by atoms with van der Waals surface area (Å²) in [4.78, 5) is 10.8. The summed E-state index contributed by atoms with van der Waals surface area (Å²) in [6.07, 6.45) is -0.0927. The van der Waals surface area contributed by atoms with Crippen LogP contribution in [0.5, 0.6) is 11.5 Å². The van der Waals surface area contributed by atoms with Crippen molar-refractivity contribution >= 4 is 5.97 Å². The Kier molecular flexibility index (Phi) is 3.50. The Morgan fingerprint density at radius 1 is 1.14 bits per heavy atom. The second kappa shape index (κ2) is 5.46. The van der Waals surface area contributed by atoms with Gasteiger partial charge in [-0.2, -0.15) is 0 Å². The molecule has 0 saturated carbocycles. The van der Waals surface area contributed by atoms with Crippen LogP contribution >= 0.6 is 0 Å². The fraction of sp³-hybridized carbons (Fsp3) is 0.188. The highest BCUT2D eigenvalue weighted by Gasteiger charge is 2.15. The number of carboxylic acid groups (broad SMARTS) is 1. The van der Waals surface area contributed by atoms with Crippen molar-refractivity contribution in [2.24, 2.45) is 5.73 Å². The molecule has 3 rings (SSSR count). The molecule has 3 N–H and O–H groups in total. The van der Waals surface area contributed by atoms with Gasteiger partial charge in [0, 0.05) is 6.04 Å². The largest absolute Gasteiger partial charge is 0.481 e. The number of aliphatic carboxylic acids is 1. The van der Waals surface area contributed by atoms with Crippen molar-refractivity contribution in [3.8, 4) is 22.6 Å². The summed E-state index contributed by atoms with van der Waals surface area (Å²) in [5, 5.41) is 8.83. The number of carbonyl (C=O) groups is 1. The van der Waals surface area contributed by atoms with Gasteiger partial charge in [-0.15, -0.1) is 0 Å². The molecular formula is C16H15NO4. The second-order valence-electron chi connectivity index (χ2n) is 4.90. The van der Waals surface area contributed by atoms with Crippen LogP contribution in [-0.2, 0) is 4.79 Å². The highest BCUT2D eigenvalue weighted by Crippen LogP contribution is 2.36. The van der Waals surface area contributed by atoms with E-state index in [1.54, 1.807) is 0 Å². The van der Waals surface area contributed by atoms with Gasteiger partial charge in [0.05, 0.1) is 6.42 Å². The Morgan fingerprint density at radius 2 is 1.90 bits per heavy atom. The lowest BCUT2D eigenvalue weighted by Crippen LogP contribution is -2.14. The number of fused-ring (bicyclic) bond motifs is 1. The lowest BCUT2D eigenvalue weighted by Gasteiger charge is -2.11. The van der Waals surface area contributed by atoms with E-state index in [0.29, 0.717) is 5.75 Å². The first-order valence-electron chi connectivity index (χ1n) is 6.61. The Hall–Kier alpha value is -2.53. The summed E-state index contributed by atoms with van der Waals surface area (Å²) in [5.41, 5.74) is 8.65. The minimum absolute atomic E-state index is 0.0927. The first-order chi connectivity index (χ1) is 10.1. The molecule has 1 atom stereocenters. The average molecular weight is 285 g/mol. The normalized spacial score (nSPS) is 14.0. The maximum absolute atomic E-state index is 10.8. The van der Waals surface area contributed by atoms with Gasteiger partial charge >= 0.3 is 5.97 Å². The van der Waals surface area contributed by atoms with Gasteiger partial charge in [-0.05, 0) is 34.9 Å². The van der Waals surface area contributed by atoms with Crippen LogP contribution in [-0.4, -0.2) is 17.9 Å². The molecule has 2 aromatic rings. The molecule has 0 bridgehead atoms. The van der Waals surface area contributed by atoms with Crippen LogP contribution < -0.4 is 15.2 Å². The number of benzene rings is 2. The van der Waals surface area contributed by atoms with Crippen molar-refractivity contribution in [1.29, 1.82) is 0 Å². The van der Waals surface area contributed by atoms with Gasteiger partial charge in [-0.25, -0.2) is 0 Å². The standard InChI is InChI=1S/C16H15NO4/c17-13(8-16(18)19)12-3-1-2-10(6-12)11-4-5-14-15(7-11)21-9-20-14/h1-7,13H,8-9,17H2,(H,18,19)/t13-/m0/s1. The molecule has 108 valence electrons. The van der Waals surface area contributed by atoms with Gasteiger partial charge < -0.3 is 20.3 Å². The minimum atomic E-state index is -0.906. The highest BCUT2D eigenvalue weighted by molar-refractivity contribution is 5.70. The van der Waals surface area contributed by atoms with Crippen molar-refractivity contribution in [2.75, 3.05) is 6.79 Å². The van der Waals surface area contributed by atoms with Crippen molar-refractivity contribution < 1.29 is 19.4 Å². The Labute approximate surface area is 121 Å². The number of ether oxygens (including phenoxy) is 2. The van der Waals surface area contributed by atoms with Crippen molar-refractivity contribution in [2.45, 2.75) is 12.5 Å². The molecule has 0 aromatic heterocycles. The zero-order valence-corrected chi connectivity index (χ0v) is 11.3. The lowest BCUT2D eigenvalue weighted by atomic mass is 9.98. The molecule has 0 amide bonds. The zero-order chi connectivity index (χ0) is 14.8. The van der Waals surface area contributed by atoms with E-state index >= 15 is 0 Å². The SMILES string of the molecule is N[C@@H](CC(=O)O)c1cccc(-c2ccc3c(c2)OCO3)c1. The maximum atomic E-state index is 10.8. The molecule has 5 heteroatoms. The summed E-state index contributed by atoms with van der Waals surface area (Å²) in [6.45, 7) is 0.238. The van der Waals surface area contributed by atoms with E-state index < -0.39 is 12.0 Å². The van der Waals surface area contributed by atoms with Gasteiger partial charge in [0.15, 0.2) is 11.5 Å². The third-order valence-electron chi connectivity index (χ3n) is 3.42. The quantitative estimate of drug-likeness (QED) is 0.902. The molecule has 0 spiro atoms. The van der Waals surface area contributed by atoms with Crippen LogP contribution in [0.3, 0.4) is 0 Å². The van der Waals surface area contributed by atoms with Gasteiger partial charge in [0.1, 0.15) is 0 Å². The molecule has 1 aliphatic rings. The molecule has 21 heavy (non-hydrogen) atoms. The van der Waals surface area contributed by atoms with Crippen LogP contribution in [0.15, 0.2) is 42.5 Å². The molecule has 5 nitrogen and oxygen atoms in total. The minimum Gasteiger partial charge on any atom is -0.481 e. The van der Waals surface area contributed by atoms with Crippen LogP contribution in [0.25, 0.3) is 11.1 Å². The molecule has 0 aliphatic carbocycles. The maximum Gasteiger partial charge on any atom is 0.305 e. The van der Waals surface area contributed by atoms with E-state index in [9.17, 15) is 4.79 Å². The van der Waals surface area contributed by atoms with Crippen molar-refractivity contribution in [3.63, 3.8) is 0 Å². The molecule has 1 heterocycles. The number of nitrogens with two attached hydrogens (primary N) is 1. The summed E-state index contributed by atoms with van der Waals surface area (Å²) in [6, 6.07) is 12.8. The van der Waals surface area contributed by atoms with Gasteiger partial charge in [-0.3, -0.25) is 4.79 Å². The third-order valence-corrected chi connectivity index (χ3v) is 3.42.